The summed E-state index contributed by atoms with van der Waals surface area (Å²) in [5, 5.41) is 2.94. The molecular weight excluding hydrogens is 316 g/mol. The number of rotatable bonds is 6. The van der Waals surface area contributed by atoms with Gasteiger partial charge in [0.05, 0.1) is 25.9 Å². The number of amides is 1. The first kappa shape index (κ1) is 17.5. The molecule has 5 heteroatoms. The standard InChI is InChI=1S/C20H24N2O3/c1-24-19-5-3-2-4-18(19)20(23)21-14-16-6-8-17(9-7-16)15-22-10-12-25-13-11-22/h2-9H,10-15H2,1H3,(H,21,23). The first-order chi connectivity index (χ1) is 12.3. The van der Waals surface area contributed by atoms with E-state index in [4.69, 9.17) is 9.47 Å². The van der Waals surface area contributed by atoms with Crippen molar-refractivity contribution >= 4 is 5.91 Å². The summed E-state index contributed by atoms with van der Waals surface area (Å²) in [5.41, 5.74) is 2.91. The number of benzene rings is 2. The third-order valence-electron chi connectivity index (χ3n) is 4.34. The molecule has 0 aliphatic carbocycles. The Morgan fingerprint density at radius 1 is 1.08 bits per heavy atom. The third kappa shape index (κ3) is 4.81. The minimum atomic E-state index is -0.130. The van der Waals surface area contributed by atoms with Crippen molar-refractivity contribution in [2.45, 2.75) is 13.1 Å². The lowest BCUT2D eigenvalue weighted by Gasteiger charge is -2.26. The van der Waals surface area contributed by atoms with Crippen LogP contribution in [0.3, 0.4) is 0 Å². The number of carbonyl (C=O) groups is 1. The number of nitrogens with zero attached hydrogens (tertiary/aromatic N) is 1. The van der Waals surface area contributed by atoms with Gasteiger partial charge in [-0.3, -0.25) is 9.69 Å². The summed E-state index contributed by atoms with van der Waals surface area (Å²) in [6.45, 7) is 5.03. The molecule has 2 aromatic rings. The first-order valence-corrected chi connectivity index (χ1v) is 8.55. The van der Waals surface area contributed by atoms with Crippen LogP contribution in [0.15, 0.2) is 48.5 Å². The molecule has 1 fully saturated rings. The highest BCUT2D eigenvalue weighted by molar-refractivity contribution is 5.96. The molecular formula is C20H24N2O3. The average Bonchev–Trinajstić information content (AvgIpc) is 2.68. The molecule has 1 amide bonds. The van der Waals surface area contributed by atoms with Crippen LogP contribution in [0, 0.1) is 0 Å². The Labute approximate surface area is 148 Å². The predicted molar refractivity (Wildman–Crippen MR) is 96.7 cm³/mol. The second kappa shape index (κ2) is 8.65. The zero-order chi connectivity index (χ0) is 17.5. The van der Waals surface area contributed by atoms with E-state index < -0.39 is 0 Å². The molecule has 0 spiro atoms. The summed E-state index contributed by atoms with van der Waals surface area (Å²) in [7, 11) is 1.57. The molecule has 0 unspecified atom stereocenters. The highest BCUT2D eigenvalue weighted by Gasteiger charge is 2.12. The van der Waals surface area contributed by atoms with Crippen molar-refractivity contribution in [1.82, 2.24) is 10.2 Å². The van der Waals surface area contributed by atoms with Crippen molar-refractivity contribution in [1.29, 1.82) is 0 Å². The van der Waals surface area contributed by atoms with Crippen molar-refractivity contribution in [2.75, 3.05) is 33.4 Å². The van der Waals surface area contributed by atoms with E-state index >= 15 is 0 Å². The number of nitrogens with one attached hydrogen (secondary N) is 1. The molecule has 1 aliphatic heterocycles. The van der Waals surface area contributed by atoms with Crippen LogP contribution >= 0.6 is 0 Å². The maximum Gasteiger partial charge on any atom is 0.255 e. The monoisotopic (exact) mass is 340 g/mol. The number of methoxy groups -OCH3 is 1. The Kier molecular flexibility index (Phi) is 6.04. The molecule has 0 bridgehead atoms. The smallest absolute Gasteiger partial charge is 0.255 e. The molecule has 1 aliphatic rings. The van der Waals surface area contributed by atoms with Crippen molar-refractivity contribution in [3.63, 3.8) is 0 Å². The van der Waals surface area contributed by atoms with Gasteiger partial charge in [-0.15, -0.1) is 0 Å². The van der Waals surface area contributed by atoms with Crippen LogP contribution in [0.25, 0.3) is 0 Å². The molecule has 3 rings (SSSR count). The lowest BCUT2D eigenvalue weighted by Crippen LogP contribution is -2.35. The highest BCUT2D eigenvalue weighted by atomic mass is 16.5. The van der Waals surface area contributed by atoms with E-state index in [0.29, 0.717) is 17.9 Å². The number of hydrogen-bond donors (Lipinski definition) is 1. The van der Waals surface area contributed by atoms with E-state index in [1.807, 2.05) is 12.1 Å². The van der Waals surface area contributed by atoms with Crippen LogP contribution < -0.4 is 10.1 Å². The van der Waals surface area contributed by atoms with Gasteiger partial charge in [0, 0.05) is 26.2 Å². The predicted octanol–water partition coefficient (Wildman–Crippen LogP) is 2.46. The zero-order valence-corrected chi connectivity index (χ0v) is 14.5. The molecule has 132 valence electrons. The summed E-state index contributed by atoms with van der Waals surface area (Å²) in [6, 6.07) is 15.6. The van der Waals surface area contributed by atoms with E-state index in [0.717, 1.165) is 38.4 Å². The minimum absolute atomic E-state index is 0.130. The summed E-state index contributed by atoms with van der Waals surface area (Å²) < 4.78 is 10.6. The molecule has 1 N–H and O–H groups in total. The van der Waals surface area contributed by atoms with Crippen molar-refractivity contribution < 1.29 is 14.3 Å². The van der Waals surface area contributed by atoms with Crippen LogP contribution in [-0.2, 0) is 17.8 Å². The average molecular weight is 340 g/mol. The molecule has 2 aromatic carbocycles. The van der Waals surface area contributed by atoms with E-state index in [-0.39, 0.29) is 5.91 Å². The maximum atomic E-state index is 12.3. The van der Waals surface area contributed by atoms with Gasteiger partial charge in [-0.1, -0.05) is 36.4 Å². The fraction of sp³-hybridized carbons (Fsp3) is 0.350. The fourth-order valence-electron chi connectivity index (χ4n) is 2.89. The minimum Gasteiger partial charge on any atom is -0.496 e. The summed E-state index contributed by atoms with van der Waals surface area (Å²) in [6.07, 6.45) is 0. The van der Waals surface area contributed by atoms with Crippen molar-refractivity contribution in [2.24, 2.45) is 0 Å². The Bertz CT molecular complexity index is 694. The fourth-order valence-corrected chi connectivity index (χ4v) is 2.89. The largest absolute Gasteiger partial charge is 0.496 e. The first-order valence-electron chi connectivity index (χ1n) is 8.55. The molecule has 0 aromatic heterocycles. The van der Waals surface area contributed by atoms with Gasteiger partial charge < -0.3 is 14.8 Å². The van der Waals surface area contributed by atoms with Crippen LogP contribution in [-0.4, -0.2) is 44.2 Å². The van der Waals surface area contributed by atoms with Gasteiger partial charge >= 0.3 is 0 Å². The third-order valence-corrected chi connectivity index (χ3v) is 4.34. The number of morpholine rings is 1. The van der Waals surface area contributed by atoms with E-state index in [9.17, 15) is 4.79 Å². The summed E-state index contributed by atoms with van der Waals surface area (Å²) in [4.78, 5) is 14.7. The Balaban J connectivity index is 1.53. The molecule has 25 heavy (non-hydrogen) atoms. The van der Waals surface area contributed by atoms with Crippen molar-refractivity contribution in [3.8, 4) is 5.75 Å². The van der Waals surface area contributed by atoms with Gasteiger partial charge in [0.15, 0.2) is 0 Å². The van der Waals surface area contributed by atoms with Crippen molar-refractivity contribution in [3.05, 3.63) is 65.2 Å². The van der Waals surface area contributed by atoms with Crippen LogP contribution in [0.1, 0.15) is 21.5 Å². The lowest BCUT2D eigenvalue weighted by atomic mass is 10.1. The SMILES string of the molecule is COc1ccccc1C(=O)NCc1ccc(CN2CCOCC2)cc1. The molecule has 0 radical (unpaired) electrons. The number of para-hydroxylation sites is 1. The van der Waals surface area contributed by atoms with Crippen LogP contribution in [0.2, 0.25) is 0 Å². The second-order valence-corrected chi connectivity index (χ2v) is 6.09. The molecule has 1 heterocycles. The Morgan fingerprint density at radius 3 is 2.48 bits per heavy atom. The van der Waals surface area contributed by atoms with Gasteiger partial charge in [-0.25, -0.2) is 0 Å². The van der Waals surface area contributed by atoms with Gasteiger partial charge in [0.2, 0.25) is 0 Å². The van der Waals surface area contributed by atoms with Crippen LogP contribution in [0.5, 0.6) is 5.75 Å². The topological polar surface area (TPSA) is 50.8 Å². The number of hydrogen-bond acceptors (Lipinski definition) is 4. The molecule has 0 saturated carbocycles. The second-order valence-electron chi connectivity index (χ2n) is 6.09. The summed E-state index contributed by atoms with van der Waals surface area (Å²) >= 11 is 0. The maximum absolute atomic E-state index is 12.3. The van der Waals surface area contributed by atoms with Crippen LogP contribution in [0.4, 0.5) is 0 Å². The van der Waals surface area contributed by atoms with E-state index in [1.54, 1.807) is 19.2 Å². The number of carbonyl (C=O) groups excluding carboxylic acids is 1. The Morgan fingerprint density at radius 2 is 1.76 bits per heavy atom. The van der Waals surface area contributed by atoms with Gasteiger partial charge in [-0.05, 0) is 23.3 Å². The highest BCUT2D eigenvalue weighted by Crippen LogP contribution is 2.17. The molecule has 0 atom stereocenters. The Hall–Kier alpha value is -2.37. The van der Waals surface area contributed by atoms with E-state index in [1.165, 1.54) is 5.56 Å². The quantitative estimate of drug-likeness (QED) is 0.878. The summed E-state index contributed by atoms with van der Waals surface area (Å²) in [5.74, 6) is 0.454. The van der Waals surface area contributed by atoms with Gasteiger partial charge in [0.1, 0.15) is 5.75 Å². The van der Waals surface area contributed by atoms with Gasteiger partial charge in [-0.2, -0.15) is 0 Å². The molecule has 1 saturated heterocycles. The number of ether oxygens (including phenoxy) is 2. The molecule has 5 nitrogen and oxygen atoms in total. The normalized spacial score (nSPS) is 14.9. The zero-order valence-electron chi connectivity index (χ0n) is 14.5. The van der Waals surface area contributed by atoms with Gasteiger partial charge in [0.25, 0.3) is 5.91 Å². The lowest BCUT2D eigenvalue weighted by molar-refractivity contribution is 0.0342. The van der Waals surface area contributed by atoms with E-state index in [2.05, 4.69) is 34.5 Å².